The molecular weight excluding hydrogens is 312 g/mol. The Balaban J connectivity index is 1.80. The molecule has 0 spiro atoms. The molecule has 0 amide bonds. The van der Waals surface area contributed by atoms with Gasteiger partial charge in [-0.2, -0.15) is 0 Å². The van der Waals surface area contributed by atoms with E-state index in [4.69, 9.17) is 5.11 Å². The summed E-state index contributed by atoms with van der Waals surface area (Å²) in [6, 6.07) is 12.4. The molecule has 3 aromatic rings. The van der Waals surface area contributed by atoms with Crippen LogP contribution in [0.2, 0.25) is 0 Å². The van der Waals surface area contributed by atoms with Gasteiger partial charge in [0.1, 0.15) is 11.3 Å². The number of carboxylic acid groups (broad SMARTS) is 1. The summed E-state index contributed by atoms with van der Waals surface area (Å²) >= 11 is 1.44. The van der Waals surface area contributed by atoms with E-state index in [-0.39, 0.29) is 11.3 Å². The molecule has 0 aliphatic carbocycles. The number of hydrogen-bond acceptors (Lipinski definition) is 5. The van der Waals surface area contributed by atoms with Gasteiger partial charge in [0.05, 0.1) is 5.69 Å². The average Bonchev–Trinajstić information content (AvgIpc) is 2.96. The van der Waals surface area contributed by atoms with Crippen LogP contribution >= 0.6 is 11.3 Å². The summed E-state index contributed by atoms with van der Waals surface area (Å²) in [5, 5.41) is 24.3. The monoisotopic (exact) mass is 326 g/mol. The van der Waals surface area contributed by atoms with Gasteiger partial charge in [0, 0.05) is 22.7 Å². The Morgan fingerprint density at radius 1 is 1.17 bits per heavy atom. The molecule has 0 bridgehead atoms. The van der Waals surface area contributed by atoms with Crippen molar-refractivity contribution >= 4 is 28.1 Å². The third kappa shape index (κ3) is 3.32. The van der Waals surface area contributed by atoms with Gasteiger partial charge >= 0.3 is 5.97 Å². The van der Waals surface area contributed by atoms with Crippen LogP contribution in [0.3, 0.4) is 0 Å². The molecule has 0 saturated heterocycles. The van der Waals surface area contributed by atoms with E-state index < -0.39 is 5.97 Å². The van der Waals surface area contributed by atoms with Crippen LogP contribution in [0.15, 0.2) is 47.8 Å². The predicted molar refractivity (Wildman–Crippen MR) is 90.6 cm³/mol. The minimum atomic E-state index is -1.16. The summed E-state index contributed by atoms with van der Waals surface area (Å²) in [4.78, 5) is 15.4. The van der Waals surface area contributed by atoms with Crippen molar-refractivity contribution in [1.29, 1.82) is 0 Å². The van der Waals surface area contributed by atoms with Crippen molar-refractivity contribution in [3.05, 3.63) is 59.0 Å². The Morgan fingerprint density at radius 3 is 2.57 bits per heavy atom. The zero-order valence-corrected chi connectivity index (χ0v) is 13.1. The second kappa shape index (κ2) is 6.10. The fourth-order valence-electron chi connectivity index (χ4n) is 2.10. The van der Waals surface area contributed by atoms with E-state index in [1.807, 2.05) is 36.6 Å². The molecule has 23 heavy (non-hydrogen) atoms. The van der Waals surface area contributed by atoms with Crippen molar-refractivity contribution in [2.45, 2.75) is 6.92 Å². The largest absolute Gasteiger partial charge is 0.507 e. The number of carbonyl (C=O) groups is 1. The summed E-state index contributed by atoms with van der Waals surface area (Å²) in [6.45, 7) is 2.03. The van der Waals surface area contributed by atoms with Crippen molar-refractivity contribution < 1.29 is 15.0 Å². The van der Waals surface area contributed by atoms with Crippen LogP contribution in [0.25, 0.3) is 11.3 Å². The smallest absolute Gasteiger partial charge is 0.339 e. The maximum atomic E-state index is 10.9. The third-order valence-electron chi connectivity index (χ3n) is 3.33. The lowest BCUT2D eigenvalue weighted by molar-refractivity contribution is 0.0694. The normalized spacial score (nSPS) is 10.5. The molecule has 0 radical (unpaired) electrons. The highest BCUT2D eigenvalue weighted by Crippen LogP contribution is 2.29. The van der Waals surface area contributed by atoms with Gasteiger partial charge < -0.3 is 15.5 Å². The van der Waals surface area contributed by atoms with Gasteiger partial charge in [0.2, 0.25) is 0 Å². The van der Waals surface area contributed by atoms with E-state index in [2.05, 4.69) is 10.3 Å². The Morgan fingerprint density at radius 2 is 1.91 bits per heavy atom. The molecule has 6 heteroatoms. The number of hydrogen-bond donors (Lipinski definition) is 3. The zero-order chi connectivity index (χ0) is 16.4. The number of nitrogens with zero attached hydrogens (tertiary/aromatic N) is 1. The number of phenols is 1. The fraction of sp³-hybridized carbons (Fsp3) is 0.0588. The topological polar surface area (TPSA) is 82.5 Å². The molecule has 3 N–H and O–H groups in total. The molecule has 0 aliphatic heterocycles. The van der Waals surface area contributed by atoms with Crippen LogP contribution in [0.5, 0.6) is 5.75 Å². The van der Waals surface area contributed by atoms with Gasteiger partial charge in [0.25, 0.3) is 0 Å². The highest BCUT2D eigenvalue weighted by molar-refractivity contribution is 7.14. The maximum Gasteiger partial charge on any atom is 0.339 e. The standard InChI is InChI=1S/C17H14N2O3S/c1-10-2-4-11(5-3-10)14-9-23-17(19-14)18-12-6-7-13(16(21)22)15(20)8-12/h2-9,20H,1H3,(H,18,19)(H,21,22). The average molecular weight is 326 g/mol. The van der Waals surface area contributed by atoms with Crippen molar-refractivity contribution in [2.75, 3.05) is 5.32 Å². The number of aryl methyl sites for hydroxylation is 1. The number of nitrogens with one attached hydrogen (secondary N) is 1. The highest BCUT2D eigenvalue weighted by atomic mass is 32.1. The molecule has 116 valence electrons. The Labute approximate surface area is 136 Å². The number of rotatable bonds is 4. The molecule has 0 fully saturated rings. The highest BCUT2D eigenvalue weighted by Gasteiger charge is 2.11. The minimum Gasteiger partial charge on any atom is -0.507 e. The lowest BCUT2D eigenvalue weighted by Gasteiger charge is -2.05. The minimum absolute atomic E-state index is 0.130. The van der Waals surface area contributed by atoms with Gasteiger partial charge in [0.15, 0.2) is 5.13 Å². The van der Waals surface area contributed by atoms with Gasteiger partial charge in [-0.25, -0.2) is 9.78 Å². The number of anilines is 2. The molecule has 0 aliphatic rings. The molecule has 0 unspecified atom stereocenters. The predicted octanol–water partition coefficient (Wildman–Crippen LogP) is 4.27. The quantitative estimate of drug-likeness (QED) is 0.667. The van der Waals surface area contributed by atoms with Crippen LogP contribution in [0.4, 0.5) is 10.8 Å². The van der Waals surface area contributed by atoms with E-state index in [1.54, 1.807) is 6.07 Å². The van der Waals surface area contributed by atoms with E-state index in [9.17, 15) is 9.90 Å². The van der Waals surface area contributed by atoms with Gasteiger partial charge in [-0.15, -0.1) is 11.3 Å². The van der Waals surface area contributed by atoms with Crippen molar-refractivity contribution in [3.63, 3.8) is 0 Å². The first kappa shape index (κ1) is 15.1. The number of aromatic hydroxyl groups is 1. The second-order valence-electron chi connectivity index (χ2n) is 5.07. The Kier molecular flexibility index (Phi) is 3.99. The molecule has 2 aromatic carbocycles. The van der Waals surface area contributed by atoms with Gasteiger partial charge in [-0.1, -0.05) is 29.8 Å². The van der Waals surface area contributed by atoms with Crippen LogP contribution < -0.4 is 5.32 Å². The Bertz CT molecular complexity index is 857. The lowest BCUT2D eigenvalue weighted by Crippen LogP contribution is -1.97. The summed E-state index contributed by atoms with van der Waals surface area (Å²) in [6.07, 6.45) is 0. The summed E-state index contributed by atoms with van der Waals surface area (Å²) in [5.41, 5.74) is 3.54. The number of aromatic nitrogens is 1. The van der Waals surface area contributed by atoms with E-state index >= 15 is 0 Å². The first-order chi connectivity index (χ1) is 11.0. The van der Waals surface area contributed by atoms with Crippen LogP contribution in [0, 0.1) is 6.92 Å². The first-order valence-electron chi connectivity index (χ1n) is 6.89. The SMILES string of the molecule is Cc1ccc(-c2csc(Nc3ccc(C(=O)O)c(O)c3)n2)cc1. The summed E-state index contributed by atoms with van der Waals surface area (Å²) in [7, 11) is 0. The molecular formula is C17H14N2O3S. The second-order valence-corrected chi connectivity index (χ2v) is 5.92. The Hall–Kier alpha value is -2.86. The number of carboxylic acids is 1. The van der Waals surface area contributed by atoms with E-state index in [1.165, 1.54) is 29.0 Å². The maximum absolute atomic E-state index is 10.9. The van der Waals surface area contributed by atoms with Crippen molar-refractivity contribution in [2.24, 2.45) is 0 Å². The van der Waals surface area contributed by atoms with E-state index in [0.29, 0.717) is 10.8 Å². The molecule has 5 nitrogen and oxygen atoms in total. The van der Waals surface area contributed by atoms with Crippen LogP contribution in [0.1, 0.15) is 15.9 Å². The summed E-state index contributed by atoms with van der Waals surface area (Å²) in [5.74, 6) is -1.44. The number of benzene rings is 2. The molecule has 0 atom stereocenters. The van der Waals surface area contributed by atoms with Crippen LogP contribution in [-0.4, -0.2) is 21.2 Å². The zero-order valence-electron chi connectivity index (χ0n) is 12.3. The molecule has 1 heterocycles. The third-order valence-corrected chi connectivity index (χ3v) is 4.09. The van der Waals surface area contributed by atoms with Gasteiger partial charge in [-0.3, -0.25) is 0 Å². The lowest BCUT2D eigenvalue weighted by atomic mass is 10.1. The van der Waals surface area contributed by atoms with Crippen molar-refractivity contribution in [1.82, 2.24) is 4.98 Å². The van der Waals surface area contributed by atoms with Crippen molar-refractivity contribution in [3.8, 4) is 17.0 Å². The number of aromatic carboxylic acids is 1. The number of thiazole rings is 1. The molecule has 3 rings (SSSR count). The fourth-order valence-corrected chi connectivity index (χ4v) is 2.84. The van der Waals surface area contributed by atoms with E-state index in [0.717, 1.165) is 11.3 Å². The first-order valence-corrected chi connectivity index (χ1v) is 7.77. The van der Waals surface area contributed by atoms with Crippen LogP contribution in [-0.2, 0) is 0 Å². The molecule has 1 aromatic heterocycles. The summed E-state index contributed by atoms with van der Waals surface area (Å²) < 4.78 is 0. The molecule has 0 saturated carbocycles. The van der Waals surface area contributed by atoms with Gasteiger partial charge in [-0.05, 0) is 19.1 Å².